The summed E-state index contributed by atoms with van der Waals surface area (Å²) in [6.07, 6.45) is 5.22. The molecule has 1 fully saturated rings. The molecule has 0 saturated carbocycles. The normalized spacial score (nSPS) is 16.4. The Kier molecular flexibility index (Phi) is 3.14. The van der Waals surface area contributed by atoms with Crippen molar-refractivity contribution in [3.05, 3.63) is 36.0 Å². The van der Waals surface area contributed by atoms with Gasteiger partial charge in [0.1, 0.15) is 6.61 Å². The van der Waals surface area contributed by atoms with Crippen molar-refractivity contribution in [1.82, 2.24) is 5.27 Å². The highest BCUT2D eigenvalue weighted by Crippen LogP contribution is 2.35. The van der Waals surface area contributed by atoms with Crippen LogP contribution in [0.5, 0.6) is 5.95 Å². The van der Waals surface area contributed by atoms with E-state index in [0.717, 1.165) is 0 Å². The molecule has 102 valence electrons. The van der Waals surface area contributed by atoms with Crippen LogP contribution >= 0.6 is 0 Å². The Balaban J connectivity index is 2.05. The molecule has 0 N–H and O–H groups in total. The quantitative estimate of drug-likeness (QED) is 0.574. The van der Waals surface area contributed by atoms with Crippen LogP contribution in [0.3, 0.4) is 0 Å². The van der Waals surface area contributed by atoms with E-state index in [9.17, 15) is 5.11 Å². The van der Waals surface area contributed by atoms with Gasteiger partial charge in [-0.3, -0.25) is 0 Å². The van der Waals surface area contributed by atoms with Gasteiger partial charge in [-0.2, -0.15) is 0 Å². The highest BCUT2D eigenvalue weighted by Gasteiger charge is 2.51. The fourth-order valence-electron chi connectivity index (χ4n) is 2.13. The van der Waals surface area contributed by atoms with Crippen LogP contribution in [0, 0.1) is 12.3 Å². The maximum absolute atomic E-state index is 12.0. The number of benzene rings is 1. The lowest BCUT2D eigenvalue weighted by atomic mass is 9.97. The molecule has 0 bridgehead atoms. The fourth-order valence-corrected chi connectivity index (χ4v) is 2.13. The van der Waals surface area contributed by atoms with Crippen LogP contribution in [-0.2, 0) is 15.1 Å². The van der Waals surface area contributed by atoms with Gasteiger partial charge < -0.3 is 19.1 Å². The van der Waals surface area contributed by atoms with Crippen molar-refractivity contribution in [2.45, 2.75) is 5.60 Å². The highest BCUT2D eigenvalue weighted by atomic mass is 16.6. The topological polar surface area (TPSA) is 71.4 Å². The first kappa shape index (κ1) is 12.7. The molecular formula is C14H12N2O4. The number of para-hydroxylation sites is 1. The lowest BCUT2D eigenvalue weighted by Gasteiger charge is -2.37. The largest absolute Gasteiger partial charge is 0.539 e. The number of hydrogen-bond donors (Lipinski definition) is 0. The zero-order valence-electron chi connectivity index (χ0n) is 10.6. The molecule has 1 aromatic heterocycles. The summed E-state index contributed by atoms with van der Waals surface area (Å²) in [7, 11) is 0. The summed E-state index contributed by atoms with van der Waals surface area (Å²) in [5.41, 5.74) is 0.119. The summed E-state index contributed by atoms with van der Waals surface area (Å²) < 4.78 is 17.0. The van der Waals surface area contributed by atoms with Crippen molar-refractivity contribution in [3.63, 3.8) is 0 Å². The second-order valence-electron chi connectivity index (χ2n) is 4.44. The third kappa shape index (κ3) is 1.93. The standard InChI is InChI=1S/C14H12N2O4/c1-2-8-19-14(9-18-10-14)12-13(17)20-15-16(12)11-6-4-3-5-7-11/h1,3-7H,8-10H2. The van der Waals surface area contributed by atoms with Crippen LogP contribution in [0.1, 0.15) is 5.69 Å². The Morgan fingerprint density at radius 1 is 1.40 bits per heavy atom. The Bertz CT molecular complexity index is 641. The van der Waals surface area contributed by atoms with Crippen molar-refractivity contribution in [3.8, 4) is 24.0 Å². The summed E-state index contributed by atoms with van der Waals surface area (Å²) in [5, 5.41) is 15.8. The molecule has 0 radical (unpaired) electrons. The molecule has 1 aliphatic heterocycles. The molecule has 0 atom stereocenters. The molecule has 2 aromatic rings. The lowest BCUT2D eigenvalue weighted by molar-refractivity contribution is -0.686. The van der Waals surface area contributed by atoms with Crippen molar-refractivity contribution in [2.24, 2.45) is 0 Å². The monoisotopic (exact) mass is 272 g/mol. The number of hydrogen-bond acceptors (Lipinski definition) is 5. The minimum absolute atomic E-state index is 0.0861. The molecule has 1 aliphatic rings. The summed E-state index contributed by atoms with van der Waals surface area (Å²) in [6, 6.07) is 9.20. The fraction of sp³-hybridized carbons (Fsp3) is 0.286. The third-order valence-electron chi connectivity index (χ3n) is 3.15. The van der Waals surface area contributed by atoms with Gasteiger partial charge in [0.2, 0.25) is 11.3 Å². The molecule has 6 heteroatoms. The zero-order valence-corrected chi connectivity index (χ0v) is 10.6. The lowest BCUT2D eigenvalue weighted by Crippen LogP contribution is -2.56. The maximum Gasteiger partial charge on any atom is 0.276 e. The zero-order chi connectivity index (χ0) is 14.0. The van der Waals surface area contributed by atoms with E-state index in [4.69, 9.17) is 20.4 Å². The van der Waals surface area contributed by atoms with Gasteiger partial charge in [0, 0.05) is 12.1 Å². The molecule has 20 heavy (non-hydrogen) atoms. The first-order valence-electron chi connectivity index (χ1n) is 6.07. The van der Waals surface area contributed by atoms with Crippen LogP contribution in [-0.4, -0.2) is 25.1 Å². The molecule has 1 saturated heterocycles. The average Bonchev–Trinajstić information content (AvgIpc) is 2.82. The van der Waals surface area contributed by atoms with Crippen molar-refractivity contribution < 1.29 is 23.8 Å². The van der Waals surface area contributed by atoms with E-state index < -0.39 is 11.5 Å². The van der Waals surface area contributed by atoms with Crippen molar-refractivity contribution in [1.29, 1.82) is 0 Å². The predicted molar refractivity (Wildman–Crippen MR) is 64.8 cm³/mol. The van der Waals surface area contributed by atoms with E-state index in [2.05, 4.69) is 11.2 Å². The van der Waals surface area contributed by atoms with Crippen molar-refractivity contribution >= 4 is 0 Å². The van der Waals surface area contributed by atoms with Gasteiger partial charge in [-0.25, -0.2) is 0 Å². The molecule has 2 heterocycles. The van der Waals surface area contributed by atoms with Gasteiger partial charge in [-0.05, 0) is 4.68 Å². The summed E-state index contributed by atoms with van der Waals surface area (Å²) >= 11 is 0. The minimum atomic E-state index is -0.890. The van der Waals surface area contributed by atoms with Gasteiger partial charge in [-0.1, -0.05) is 24.1 Å². The number of aromatic nitrogens is 2. The van der Waals surface area contributed by atoms with Crippen LogP contribution in [0.15, 0.2) is 34.9 Å². The Hall–Kier alpha value is -2.36. The van der Waals surface area contributed by atoms with E-state index in [-0.39, 0.29) is 19.8 Å². The van der Waals surface area contributed by atoms with Crippen LogP contribution in [0.2, 0.25) is 0 Å². The number of terminal acetylenes is 1. The second kappa shape index (κ2) is 4.96. The third-order valence-corrected chi connectivity index (χ3v) is 3.15. The summed E-state index contributed by atoms with van der Waals surface area (Å²) in [4.78, 5) is 0. The summed E-state index contributed by atoms with van der Waals surface area (Å²) in [5.74, 6) is 1.85. The number of rotatable bonds is 4. The maximum atomic E-state index is 12.0. The Morgan fingerprint density at radius 2 is 2.15 bits per heavy atom. The molecule has 0 aliphatic carbocycles. The minimum Gasteiger partial charge on any atom is -0.539 e. The van der Waals surface area contributed by atoms with E-state index in [1.807, 2.05) is 30.3 Å². The van der Waals surface area contributed by atoms with Crippen LogP contribution in [0.25, 0.3) is 5.69 Å². The first-order chi connectivity index (χ1) is 9.77. The molecule has 1 aromatic carbocycles. The van der Waals surface area contributed by atoms with Crippen LogP contribution in [0.4, 0.5) is 0 Å². The molecular weight excluding hydrogens is 260 g/mol. The van der Waals surface area contributed by atoms with Gasteiger partial charge in [0.05, 0.1) is 18.5 Å². The van der Waals surface area contributed by atoms with Gasteiger partial charge in [-0.15, -0.1) is 6.42 Å². The van der Waals surface area contributed by atoms with E-state index in [1.54, 1.807) is 0 Å². The second-order valence-corrected chi connectivity index (χ2v) is 4.44. The summed E-state index contributed by atoms with van der Waals surface area (Å²) in [6.45, 7) is 0.582. The van der Waals surface area contributed by atoms with E-state index >= 15 is 0 Å². The van der Waals surface area contributed by atoms with Gasteiger partial charge in [0.25, 0.3) is 5.69 Å². The van der Waals surface area contributed by atoms with E-state index in [0.29, 0.717) is 11.4 Å². The smallest absolute Gasteiger partial charge is 0.276 e. The molecule has 3 rings (SSSR count). The van der Waals surface area contributed by atoms with Crippen molar-refractivity contribution in [2.75, 3.05) is 19.8 Å². The first-order valence-corrected chi connectivity index (χ1v) is 6.07. The average molecular weight is 272 g/mol. The number of nitrogens with zero attached hydrogens (tertiary/aromatic N) is 2. The molecule has 0 amide bonds. The Morgan fingerprint density at radius 3 is 2.75 bits per heavy atom. The van der Waals surface area contributed by atoms with Gasteiger partial charge >= 0.3 is 0 Å². The predicted octanol–water partition coefficient (Wildman–Crippen LogP) is -0.0998. The van der Waals surface area contributed by atoms with E-state index in [1.165, 1.54) is 4.68 Å². The molecule has 6 nitrogen and oxygen atoms in total. The highest BCUT2D eigenvalue weighted by molar-refractivity contribution is 5.25. The molecule has 0 unspecified atom stereocenters. The van der Waals surface area contributed by atoms with Crippen LogP contribution < -0.4 is 9.79 Å². The SMILES string of the molecule is C#CCOC1(c2c([O-])on[n+]2-c2ccccc2)COC1. The Labute approximate surface area is 115 Å². The van der Waals surface area contributed by atoms with Gasteiger partial charge in [0.15, 0.2) is 5.95 Å². The number of ether oxygens (including phenoxy) is 2. The molecule has 0 spiro atoms.